The van der Waals surface area contributed by atoms with Crippen molar-refractivity contribution >= 4 is 12.2 Å². The molecule has 0 rings (SSSR count). The Morgan fingerprint density at radius 2 is 2.00 bits per heavy atom. The van der Waals surface area contributed by atoms with E-state index < -0.39 is 12.2 Å². The summed E-state index contributed by atoms with van der Waals surface area (Å²) in [5, 5.41) is 7.74. The molecule has 2 amide bonds. The average Bonchev–Trinajstić information content (AvgIpc) is 2.04. The quantitative estimate of drug-likeness (QED) is 0.192. The molecule has 0 radical (unpaired) electrons. The van der Waals surface area contributed by atoms with Crippen LogP contribution in [0.25, 0.3) is 0 Å². The SMILES string of the molecule is CNNC(=O)O.COC(=O)NN. The molecule has 12 heavy (non-hydrogen) atoms. The molecule has 0 aliphatic rings. The average molecular weight is 180 g/mol. The van der Waals surface area contributed by atoms with E-state index in [1.807, 2.05) is 5.43 Å². The van der Waals surface area contributed by atoms with Gasteiger partial charge in [0.1, 0.15) is 0 Å². The monoisotopic (exact) mass is 180 g/mol. The minimum Gasteiger partial charge on any atom is -0.464 e. The minimum atomic E-state index is -1.07. The lowest BCUT2D eigenvalue weighted by Gasteiger charge is -1.90. The molecule has 0 saturated heterocycles. The number of methoxy groups -OCH3 is 1. The number of carbonyl (C=O) groups is 2. The fourth-order valence-corrected chi connectivity index (χ4v) is 0.166. The molecule has 6 N–H and O–H groups in total. The Hall–Kier alpha value is -1.54. The molecule has 0 atom stereocenters. The highest BCUT2D eigenvalue weighted by Gasteiger charge is 1.85. The zero-order chi connectivity index (χ0) is 9.98. The first-order valence-corrected chi connectivity index (χ1v) is 2.78. The van der Waals surface area contributed by atoms with Crippen LogP contribution in [0.3, 0.4) is 0 Å². The summed E-state index contributed by atoms with van der Waals surface area (Å²) < 4.78 is 4.02. The number of rotatable bonds is 1. The fourth-order valence-electron chi connectivity index (χ4n) is 0.166. The van der Waals surface area contributed by atoms with Gasteiger partial charge in [-0.1, -0.05) is 0 Å². The lowest BCUT2D eigenvalue weighted by atomic mass is 11.2. The van der Waals surface area contributed by atoms with Crippen molar-refractivity contribution in [3.63, 3.8) is 0 Å². The molecule has 0 fully saturated rings. The molecule has 0 aromatic carbocycles. The number of nitrogens with one attached hydrogen (secondary N) is 3. The first kappa shape index (κ1) is 13.1. The predicted octanol–water partition coefficient (Wildman–Crippen LogP) is -1.40. The van der Waals surface area contributed by atoms with Crippen LogP contribution < -0.4 is 22.1 Å². The van der Waals surface area contributed by atoms with E-state index in [0.29, 0.717) is 0 Å². The molecule has 8 heteroatoms. The largest absolute Gasteiger partial charge is 0.464 e. The van der Waals surface area contributed by atoms with E-state index in [2.05, 4.69) is 16.0 Å². The van der Waals surface area contributed by atoms with Crippen LogP contribution in [0.1, 0.15) is 0 Å². The first-order chi connectivity index (χ1) is 5.58. The maximum Gasteiger partial charge on any atom is 0.421 e. The van der Waals surface area contributed by atoms with Crippen LogP contribution in [0.4, 0.5) is 9.59 Å². The van der Waals surface area contributed by atoms with Gasteiger partial charge in [0.2, 0.25) is 0 Å². The van der Waals surface area contributed by atoms with Crippen molar-refractivity contribution in [2.45, 2.75) is 0 Å². The van der Waals surface area contributed by atoms with E-state index in [-0.39, 0.29) is 0 Å². The third-order valence-corrected chi connectivity index (χ3v) is 0.535. The molecule has 0 aromatic heterocycles. The van der Waals surface area contributed by atoms with Gasteiger partial charge in [-0.2, -0.15) is 0 Å². The maximum absolute atomic E-state index is 9.72. The highest BCUT2D eigenvalue weighted by atomic mass is 16.5. The molecular formula is C4H12N4O4. The molecule has 72 valence electrons. The maximum atomic E-state index is 9.72. The van der Waals surface area contributed by atoms with Crippen molar-refractivity contribution in [1.29, 1.82) is 0 Å². The Morgan fingerprint density at radius 3 is 2.00 bits per heavy atom. The molecule has 0 spiro atoms. The van der Waals surface area contributed by atoms with Gasteiger partial charge in [0, 0.05) is 7.05 Å². The van der Waals surface area contributed by atoms with E-state index in [4.69, 9.17) is 5.11 Å². The summed E-state index contributed by atoms with van der Waals surface area (Å²) in [5.41, 5.74) is 5.85. The van der Waals surface area contributed by atoms with Crippen LogP contribution in [-0.4, -0.2) is 31.5 Å². The molecule has 0 heterocycles. The van der Waals surface area contributed by atoms with E-state index >= 15 is 0 Å². The Bertz CT molecular complexity index is 133. The zero-order valence-electron chi connectivity index (χ0n) is 6.75. The van der Waals surface area contributed by atoms with Crippen LogP contribution in [0, 0.1) is 0 Å². The number of hydrogen-bond acceptors (Lipinski definition) is 5. The van der Waals surface area contributed by atoms with E-state index in [0.717, 1.165) is 0 Å². The number of nitrogens with two attached hydrogens (primary N) is 1. The molecule has 0 bridgehead atoms. The fraction of sp³-hybridized carbons (Fsp3) is 0.500. The molecule has 8 nitrogen and oxygen atoms in total. The molecule has 0 aliphatic heterocycles. The van der Waals surface area contributed by atoms with Crippen molar-refractivity contribution in [2.75, 3.05) is 14.2 Å². The van der Waals surface area contributed by atoms with Gasteiger partial charge in [-0.15, -0.1) is 0 Å². The number of carbonyl (C=O) groups excluding carboxylic acids is 1. The zero-order valence-corrected chi connectivity index (χ0v) is 6.75. The van der Waals surface area contributed by atoms with Crippen molar-refractivity contribution in [2.24, 2.45) is 5.84 Å². The van der Waals surface area contributed by atoms with Gasteiger partial charge in [0.05, 0.1) is 7.11 Å². The molecule has 0 aromatic rings. The number of hydrogen-bond donors (Lipinski definition) is 5. The predicted molar refractivity (Wildman–Crippen MR) is 39.9 cm³/mol. The van der Waals surface area contributed by atoms with E-state index in [1.165, 1.54) is 14.2 Å². The smallest absolute Gasteiger partial charge is 0.421 e. The van der Waals surface area contributed by atoms with Crippen molar-refractivity contribution < 1.29 is 19.4 Å². The first-order valence-electron chi connectivity index (χ1n) is 2.78. The Labute approximate surface area is 69.0 Å². The van der Waals surface area contributed by atoms with E-state index in [1.54, 1.807) is 5.43 Å². The second kappa shape index (κ2) is 9.46. The number of carboxylic acid groups (broad SMARTS) is 1. The van der Waals surface area contributed by atoms with Gasteiger partial charge in [0.25, 0.3) is 0 Å². The van der Waals surface area contributed by atoms with Gasteiger partial charge in [-0.3, -0.25) is 10.9 Å². The second-order valence-electron chi connectivity index (χ2n) is 1.32. The van der Waals surface area contributed by atoms with Gasteiger partial charge in [0.15, 0.2) is 0 Å². The summed E-state index contributed by atoms with van der Waals surface area (Å²) in [7, 11) is 2.72. The van der Waals surface area contributed by atoms with Gasteiger partial charge < -0.3 is 9.84 Å². The summed E-state index contributed by atoms with van der Waals surface area (Å²) in [5.74, 6) is 4.56. The van der Waals surface area contributed by atoms with Crippen molar-refractivity contribution in [3.8, 4) is 0 Å². The standard InChI is InChI=1S/2C2H6N2O2/c1-6-2(5)4-3;1-3-4-2(5)6/h3H2,1H3,(H,4,5);3-4H,1H3,(H,5,6). The second-order valence-corrected chi connectivity index (χ2v) is 1.32. The number of amides is 2. The van der Waals surface area contributed by atoms with Crippen LogP contribution in [0.5, 0.6) is 0 Å². The lowest BCUT2D eigenvalue weighted by molar-refractivity contribution is 0.171. The Balaban J connectivity index is 0. The number of hydrazine groups is 2. The molecular weight excluding hydrogens is 168 g/mol. The topological polar surface area (TPSA) is 126 Å². The third kappa shape index (κ3) is 15.8. The highest BCUT2D eigenvalue weighted by molar-refractivity contribution is 5.65. The summed E-state index contributed by atoms with van der Waals surface area (Å²) in [6, 6.07) is 0. The third-order valence-electron chi connectivity index (χ3n) is 0.535. The van der Waals surface area contributed by atoms with Gasteiger partial charge in [-0.25, -0.2) is 20.9 Å². The highest BCUT2D eigenvalue weighted by Crippen LogP contribution is 1.60. The van der Waals surface area contributed by atoms with Crippen molar-refractivity contribution in [1.82, 2.24) is 16.3 Å². The Morgan fingerprint density at radius 1 is 1.50 bits per heavy atom. The van der Waals surface area contributed by atoms with Gasteiger partial charge >= 0.3 is 12.2 Å². The molecule has 0 aliphatic carbocycles. The minimum absolute atomic E-state index is 0.630. The van der Waals surface area contributed by atoms with Crippen LogP contribution >= 0.6 is 0 Å². The summed E-state index contributed by atoms with van der Waals surface area (Å²) in [6.45, 7) is 0. The molecule has 0 saturated carbocycles. The number of ether oxygens (including phenoxy) is 1. The normalized spacial score (nSPS) is 7.25. The summed E-state index contributed by atoms with van der Waals surface area (Å²) >= 11 is 0. The van der Waals surface area contributed by atoms with Crippen LogP contribution in [0.2, 0.25) is 0 Å². The lowest BCUT2D eigenvalue weighted by Crippen LogP contribution is -2.32. The van der Waals surface area contributed by atoms with E-state index in [9.17, 15) is 9.59 Å². The summed E-state index contributed by atoms with van der Waals surface area (Å²) in [4.78, 5) is 19.1. The van der Waals surface area contributed by atoms with Crippen LogP contribution in [0.15, 0.2) is 0 Å². The van der Waals surface area contributed by atoms with Crippen LogP contribution in [-0.2, 0) is 4.74 Å². The molecule has 0 unspecified atom stereocenters. The summed E-state index contributed by atoms with van der Waals surface area (Å²) in [6.07, 6.45) is -1.70. The van der Waals surface area contributed by atoms with Crippen molar-refractivity contribution in [3.05, 3.63) is 0 Å². The van der Waals surface area contributed by atoms with Gasteiger partial charge in [-0.05, 0) is 0 Å². The Kier molecular flexibility index (Phi) is 10.3.